The highest BCUT2D eigenvalue weighted by molar-refractivity contribution is 5.88. The van der Waals surface area contributed by atoms with Crippen molar-refractivity contribution in [2.45, 2.75) is 64.4 Å². The second-order valence-electron chi connectivity index (χ2n) is 7.41. The molecule has 1 aromatic heterocycles. The van der Waals surface area contributed by atoms with Crippen LogP contribution in [-0.2, 0) is 4.79 Å². The van der Waals surface area contributed by atoms with E-state index in [2.05, 4.69) is 22.4 Å². The number of nitrogens with one attached hydrogen (secondary N) is 1. The summed E-state index contributed by atoms with van der Waals surface area (Å²) < 4.78 is 5.21. The summed E-state index contributed by atoms with van der Waals surface area (Å²) in [6.45, 7) is 4.54. The van der Waals surface area contributed by atoms with Gasteiger partial charge in [-0.15, -0.1) is 0 Å². The van der Waals surface area contributed by atoms with Crippen LogP contribution in [0.2, 0.25) is 0 Å². The summed E-state index contributed by atoms with van der Waals surface area (Å²) >= 11 is 0. The van der Waals surface area contributed by atoms with Crippen molar-refractivity contribution in [3.63, 3.8) is 0 Å². The molecule has 0 bridgehead atoms. The van der Waals surface area contributed by atoms with E-state index in [0.29, 0.717) is 24.7 Å². The Hall–Kier alpha value is -1.69. The van der Waals surface area contributed by atoms with Gasteiger partial charge in [-0.25, -0.2) is 0 Å². The van der Waals surface area contributed by atoms with Crippen LogP contribution in [0, 0.1) is 18.8 Å². The molecule has 6 nitrogen and oxygen atoms in total. The zero-order chi connectivity index (χ0) is 17.1. The Balaban J connectivity index is 1.48. The van der Waals surface area contributed by atoms with Gasteiger partial charge in [-0.3, -0.25) is 4.79 Å². The van der Waals surface area contributed by atoms with Crippen molar-refractivity contribution < 1.29 is 14.4 Å². The summed E-state index contributed by atoms with van der Waals surface area (Å²) in [6.07, 6.45) is 7.09. The normalized spacial score (nSPS) is 30.4. The highest BCUT2D eigenvalue weighted by Gasteiger charge is 2.36. The third kappa shape index (κ3) is 4.23. The van der Waals surface area contributed by atoms with E-state index in [1.807, 2.05) is 0 Å². The lowest BCUT2D eigenvalue weighted by atomic mass is 9.87. The molecular weight excluding hydrogens is 306 g/mol. The molecule has 1 aromatic rings. The van der Waals surface area contributed by atoms with Gasteiger partial charge in [0.15, 0.2) is 5.82 Å². The van der Waals surface area contributed by atoms with Gasteiger partial charge in [-0.05, 0) is 51.4 Å². The first-order valence-corrected chi connectivity index (χ1v) is 8.96. The molecule has 0 aliphatic heterocycles. The fourth-order valence-corrected chi connectivity index (χ4v) is 3.75. The highest BCUT2D eigenvalue weighted by Crippen LogP contribution is 2.37. The van der Waals surface area contributed by atoms with E-state index in [4.69, 9.17) is 4.52 Å². The first-order valence-electron chi connectivity index (χ1n) is 8.96. The molecule has 2 aliphatic rings. The molecule has 0 unspecified atom stereocenters. The molecule has 3 rings (SSSR count). The molecule has 2 fully saturated rings. The summed E-state index contributed by atoms with van der Waals surface area (Å²) in [5, 5.41) is 17.0. The molecule has 1 heterocycles. The molecule has 1 amide bonds. The fraction of sp³-hybridized carbons (Fsp3) is 0.722. The van der Waals surface area contributed by atoms with Gasteiger partial charge in [0, 0.05) is 24.5 Å². The van der Waals surface area contributed by atoms with Crippen molar-refractivity contribution in [2.24, 2.45) is 11.8 Å². The molecule has 0 spiro atoms. The number of amides is 1. The Kier molecular flexibility index (Phi) is 5.33. The molecule has 6 heteroatoms. The number of aliphatic hydroxyl groups excluding tert-OH is 1. The smallest absolute Gasteiger partial charge is 0.243 e. The summed E-state index contributed by atoms with van der Waals surface area (Å²) in [6, 6.07) is 0. The maximum absolute atomic E-state index is 12.1. The fourth-order valence-electron chi connectivity index (χ4n) is 3.75. The van der Waals surface area contributed by atoms with Crippen LogP contribution in [0.5, 0.6) is 0 Å². The Morgan fingerprint density at radius 2 is 2.12 bits per heavy atom. The van der Waals surface area contributed by atoms with Crippen LogP contribution in [0.15, 0.2) is 16.2 Å². The molecule has 24 heavy (non-hydrogen) atoms. The Morgan fingerprint density at radius 3 is 2.79 bits per heavy atom. The van der Waals surface area contributed by atoms with Gasteiger partial charge in [0.05, 0.1) is 6.10 Å². The van der Waals surface area contributed by atoms with E-state index in [1.165, 1.54) is 18.4 Å². The van der Waals surface area contributed by atoms with E-state index < -0.39 is 6.10 Å². The second kappa shape index (κ2) is 7.47. The predicted molar refractivity (Wildman–Crippen MR) is 89.2 cm³/mol. The molecule has 132 valence electrons. The maximum Gasteiger partial charge on any atom is 0.243 e. The van der Waals surface area contributed by atoms with Crippen molar-refractivity contribution in [3.05, 3.63) is 23.4 Å². The quantitative estimate of drug-likeness (QED) is 0.827. The molecule has 2 saturated carbocycles. The van der Waals surface area contributed by atoms with E-state index in [0.717, 1.165) is 25.2 Å². The SMILES string of the molecule is Cc1noc([C@H]2C[C@H](CNC(=O)C=C3CCC(C)CC3)[C@H](O)C2)n1. The number of aliphatic hydroxyl groups is 1. The number of hydrogen-bond acceptors (Lipinski definition) is 5. The first-order chi connectivity index (χ1) is 11.5. The number of aryl methyl sites for hydroxylation is 1. The topological polar surface area (TPSA) is 88.2 Å². The van der Waals surface area contributed by atoms with Gasteiger partial charge in [0.1, 0.15) is 0 Å². The molecule has 0 aromatic carbocycles. The van der Waals surface area contributed by atoms with Gasteiger partial charge < -0.3 is 14.9 Å². The molecule has 0 radical (unpaired) electrons. The van der Waals surface area contributed by atoms with Crippen molar-refractivity contribution in [1.29, 1.82) is 0 Å². The van der Waals surface area contributed by atoms with Crippen molar-refractivity contribution in [3.8, 4) is 0 Å². The summed E-state index contributed by atoms with van der Waals surface area (Å²) in [5.74, 6) is 2.06. The lowest BCUT2D eigenvalue weighted by Crippen LogP contribution is -2.31. The van der Waals surface area contributed by atoms with Gasteiger partial charge in [-0.2, -0.15) is 4.98 Å². The minimum absolute atomic E-state index is 0.0379. The van der Waals surface area contributed by atoms with Crippen molar-refractivity contribution in [1.82, 2.24) is 15.5 Å². The molecule has 2 N–H and O–H groups in total. The number of allylic oxidation sites excluding steroid dienone is 1. The Morgan fingerprint density at radius 1 is 1.38 bits per heavy atom. The van der Waals surface area contributed by atoms with Crippen LogP contribution >= 0.6 is 0 Å². The number of aromatic nitrogens is 2. The van der Waals surface area contributed by atoms with Gasteiger partial charge >= 0.3 is 0 Å². The summed E-state index contributed by atoms with van der Waals surface area (Å²) in [5.41, 5.74) is 1.25. The number of carbonyl (C=O) groups is 1. The average Bonchev–Trinajstić information content (AvgIpc) is 3.13. The molecule has 2 aliphatic carbocycles. The summed E-state index contributed by atoms with van der Waals surface area (Å²) in [4.78, 5) is 16.4. The molecule has 3 atom stereocenters. The zero-order valence-corrected chi connectivity index (χ0v) is 14.5. The maximum atomic E-state index is 12.1. The van der Waals surface area contributed by atoms with Gasteiger partial charge in [0.25, 0.3) is 0 Å². The number of carbonyl (C=O) groups excluding carboxylic acids is 1. The van der Waals surface area contributed by atoms with E-state index in [9.17, 15) is 9.90 Å². The van der Waals surface area contributed by atoms with Crippen LogP contribution in [-0.4, -0.2) is 33.8 Å². The third-order valence-electron chi connectivity index (χ3n) is 5.34. The lowest BCUT2D eigenvalue weighted by molar-refractivity contribution is -0.116. The van der Waals surface area contributed by atoms with Crippen LogP contribution < -0.4 is 5.32 Å². The molecular formula is C18H27N3O3. The van der Waals surface area contributed by atoms with Crippen molar-refractivity contribution in [2.75, 3.05) is 6.54 Å². The second-order valence-corrected chi connectivity index (χ2v) is 7.41. The third-order valence-corrected chi connectivity index (χ3v) is 5.34. The standard InChI is InChI=1S/C18H27N3O3/c1-11-3-5-13(6-4-11)7-17(23)19-10-15-8-14(9-16(15)22)18-20-12(2)21-24-18/h7,11,14-16,22H,3-6,8-10H2,1-2H3,(H,19,23)/t11?,14-,15+,16+/m0/s1. The predicted octanol–water partition coefficient (Wildman–Crippen LogP) is 2.49. The van der Waals surface area contributed by atoms with Crippen LogP contribution in [0.1, 0.15) is 63.1 Å². The average molecular weight is 333 g/mol. The summed E-state index contributed by atoms with van der Waals surface area (Å²) in [7, 11) is 0. The number of hydrogen-bond donors (Lipinski definition) is 2. The van der Waals surface area contributed by atoms with E-state index in [-0.39, 0.29) is 17.7 Å². The van der Waals surface area contributed by atoms with Crippen LogP contribution in [0.25, 0.3) is 0 Å². The van der Waals surface area contributed by atoms with E-state index >= 15 is 0 Å². The van der Waals surface area contributed by atoms with Crippen LogP contribution in [0.4, 0.5) is 0 Å². The number of rotatable bonds is 4. The zero-order valence-electron chi connectivity index (χ0n) is 14.5. The van der Waals surface area contributed by atoms with Crippen LogP contribution in [0.3, 0.4) is 0 Å². The first kappa shape index (κ1) is 17.1. The Labute approximate surface area is 142 Å². The number of nitrogens with zero attached hydrogens (tertiary/aromatic N) is 2. The highest BCUT2D eigenvalue weighted by atomic mass is 16.5. The minimum Gasteiger partial charge on any atom is -0.393 e. The Bertz CT molecular complexity index is 600. The largest absolute Gasteiger partial charge is 0.393 e. The molecule has 0 saturated heterocycles. The van der Waals surface area contributed by atoms with Gasteiger partial charge in [-0.1, -0.05) is 17.7 Å². The lowest BCUT2D eigenvalue weighted by Gasteiger charge is -2.20. The van der Waals surface area contributed by atoms with E-state index in [1.54, 1.807) is 13.0 Å². The minimum atomic E-state index is -0.439. The van der Waals surface area contributed by atoms with Crippen molar-refractivity contribution >= 4 is 5.91 Å². The van der Waals surface area contributed by atoms with Gasteiger partial charge in [0.2, 0.25) is 11.8 Å². The monoisotopic (exact) mass is 333 g/mol.